The molecule has 4 aromatic rings. The monoisotopic (exact) mass is 454 g/mol. The Balaban J connectivity index is 1.71. The molecule has 0 atom stereocenters. The van der Waals surface area contributed by atoms with Gasteiger partial charge in [0, 0.05) is 28.2 Å². The van der Waals surface area contributed by atoms with Gasteiger partial charge < -0.3 is 4.98 Å². The Kier molecular flexibility index (Phi) is 5.99. The molecule has 0 saturated carbocycles. The molecular formula is C23H19ClN2O2S2. The highest BCUT2D eigenvalue weighted by Crippen LogP contribution is 2.34. The summed E-state index contributed by atoms with van der Waals surface area (Å²) in [6.45, 7) is 0. The van der Waals surface area contributed by atoms with E-state index in [0.29, 0.717) is 5.02 Å². The predicted octanol–water partition coefficient (Wildman–Crippen LogP) is 6.09. The lowest BCUT2D eigenvalue weighted by atomic mass is 10.1. The Morgan fingerprint density at radius 1 is 0.900 bits per heavy atom. The molecule has 1 heterocycles. The molecule has 0 spiro atoms. The summed E-state index contributed by atoms with van der Waals surface area (Å²) in [5.41, 5.74) is 4.66. The molecule has 0 aliphatic carbocycles. The van der Waals surface area contributed by atoms with Gasteiger partial charge in [0.25, 0.3) is 0 Å². The van der Waals surface area contributed by atoms with Crippen molar-refractivity contribution in [2.24, 2.45) is 0 Å². The Bertz CT molecular complexity index is 1250. The van der Waals surface area contributed by atoms with Crippen molar-refractivity contribution < 1.29 is 8.42 Å². The second-order valence-corrected chi connectivity index (χ2v) is 10.3. The average Bonchev–Trinajstić information content (AvgIpc) is 3.17. The topological polar surface area (TPSA) is 62.8 Å². The van der Waals surface area contributed by atoms with E-state index >= 15 is 0 Å². The van der Waals surface area contributed by atoms with Crippen LogP contribution in [0, 0.1) is 0 Å². The number of nitrogens with one attached hydrogen (secondary N) is 1. The highest BCUT2D eigenvalue weighted by molar-refractivity contribution is 7.98. The number of halogens is 1. The zero-order valence-corrected chi connectivity index (χ0v) is 18.6. The standard InChI is InChI=1S/C23H19ClN2O2S2/c1-30(27,28)20-13-9-18(10-14-20)22-21(17-7-11-19(24)12-8-17)25-23(26-22)29-15-16-5-3-2-4-6-16/h2-14H,15H2,1H3,(H,25,26). The van der Waals surface area contributed by atoms with E-state index in [1.54, 1.807) is 36.0 Å². The quantitative estimate of drug-likeness (QED) is 0.358. The number of sulfone groups is 1. The lowest BCUT2D eigenvalue weighted by Crippen LogP contribution is -1.96. The first-order chi connectivity index (χ1) is 14.4. The van der Waals surface area contributed by atoms with Crippen molar-refractivity contribution in [1.29, 1.82) is 0 Å². The minimum absolute atomic E-state index is 0.286. The van der Waals surface area contributed by atoms with Crippen LogP contribution in [0.15, 0.2) is 88.9 Å². The fraction of sp³-hybridized carbons (Fsp3) is 0.0870. The average molecular weight is 455 g/mol. The zero-order valence-electron chi connectivity index (χ0n) is 16.2. The van der Waals surface area contributed by atoms with E-state index in [0.717, 1.165) is 33.4 Å². The van der Waals surface area contributed by atoms with Gasteiger partial charge in [-0.2, -0.15) is 0 Å². The summed E-state index contributed by atoms with van der Waals surface area (Å²) in [5, 5.41) is 1.46. The van der Waals surface area contributed by atoms with Gasteiger partial charge in [-0.05, 0) is 29.8 Å². The van der Waals surface area contributed by atoms with Gasteiger partial charge in [-0.25, -0.2) is 13.4 Å². The van der Waals surface area contributed by atoms with Gasteiger partial charge in [-0.15, -0.1) is 0 Å². The highest BCUT2D eigenvalue weighted by Gasteiger charge is 2.16. The second-order valence-electron chi connectivity index (χ2n) is 6.84. The van der Waals surface area contributed by atoms with Crippen molar-refractivity contribution in [1.82, 2.24) is 9.97 Å². The molecular weight excluding hydrogens is 436 g/mol. The molecule has 152 valence electrons. The third-order valence-corrected chi connectivity index (χ3v) is 6.91. The number of aromatic amines is 1. The number of nitrogens with zero attached hydrogens (tertiary/aromatic N) is 1. The summed E-state index contributed by atoms with van der Waals surface area (Å²) in [6.07, 6.45) is 1.20. The van der Waals surface area contributed by atoms with Crippen LogP contribution >= 0.6 is 23.4 Å². The van der Waals surface area contributed by atoms with Gasteiger partial charge in [0.1, 0.15) is 0 Å². The number of hydrogen-bond acceptors (Lipinski definition) is 4. The lowest BCUT2D eigenvalue weighted by molar-refractivity contribution is 0.602. The lowest BCUT2D eigenvalue weighted by Gasteiger charge is -2.05. The van der Waals surface area contributed by atoms with E-state index in [1.165, 1.54) is 11.8 Å². The van der Waals surface area contributed by atoms with Crippen molar-refractivity contribution in [3.63, 3.8) is 0 Å². The first-order valence-electron chi connectivity index (χ1n) is 9.23. The summed E-state index contributed by atoms with van der Waals surface area (Å²) in [5.74, 6) is 0.793. The number of benzene rings is 3. The number of hydrogen-bond donors (Lipinski definition) is 1. The number of thioether (sulfide) groups is 1. The summed E-state index contributed by atoms with van der Waals surface area (Å²) >= 11 is 7.67. The van der Waals surface area contributed by atoms with E-state index < -0.39 is 9.84 Å². The van der Waals surface area contributed by atoms with Crippen LogP contribution < -0.4 is 0 Å². The minimum atomic E-state index is -3.25. The predicted molar refractivity (Wildman–Crippen MR) is 124 cm³/mol. The van der Waals surface area contributed by atoms with Crippen molar-refractivity contribution in [2.45, 2.75) is 15.8 Å². The van der Waals surface area contributed by atoms with Crippen LogP contribution in [0.1, 0.15) is 5.56 Å². The molecule has 0 fully saturated rings. The third kappa shape index (κ3) is 4.78. The molecule has 7 heteroatoms. The fourth-order valence-electron chi connectivity index (χ4n) is 3.04. The van der Waals surface area contributed by atoms with Crippen molar-refractivity contribution in [3.05, 3.63) is 89.4 Å². The Hall–Kier alpha value is -2.54. The number of rotatable bonds is 6. The normalized spacial score (nSPS) is 11.5. The van der Waals surface area contributed by atoms with Crippen LogP contribution in [0.3, 0.4) is 0 Å². The molecule has 0 saturated heterocycles. The third-order valence-electron chi connectivity index (χ3n) is 4.59. The molecule has 0 aliphatic heterocycles. The Morgan fingerprint density at radius 2 is 1.53 bits per heavy atom. The van der Waals surface area contributed by atoms with Crippen LogP contribution in [-0.4, -0.2) is 24.6 Å². The fourth-order valence-corrected chi connectivity index (χ4v) is 4.62. The van der Waals surface area contributed by atoms with Gasteiger partial charge >= 0.3 is 0 Å². The maximum absolute atomic E-state index is 11.8. The van der Waals surface area contributed by atoms with E-state index in [9.17, 15) is 8.42 Å². The van der Waals surface area contributed by atoms with Crippen LogP contribution in [0.4, 0.5) is 0 Å². The summed E-state index contributed by atoms with van der Waals surface area (Å²) in [4.78, 5) is 8.52. The SMILES string of the molecule is CS(=O)(=O)c1ccc(-c2nc(SCc3ccccc3)[nH]c2-c2ccc(Cl)cc2)cc1. The van der Waals surface area contributed by atoms with E-state index in [-0.39, 0.29) is 4.90 Å². The molecule has 4 nitrogen and oxygen atoms in total. The summed E-state index contributed by atoms with van der Waals surface area (Å²) in [6, 6.07) is 24.6. The summed E-state index contributed by atoms with van der Waals surface area (Å²) in [7, 11) is -3.25. The molecule has 0 bridgehead atoms. The Morgan fingerprint density at radius 3 is 2.17 bits per heavy atom. The largest absolute Gasteiger partial charge is 0.332 e. The van der Waals surface area contributed by atoms with Gasteiger partial charge in [0.15, 0.2) is 15.0 Å². The highest BCUT2D eigenvalue weighted by atomic mass is 35.5. The van der Waals surface area contributed by atoms with Gasteiger partial charge in [0.05, 0.1) is 16.3 Å². The van der Waals surface area contributed by atoms with E-state index in [1.807, 2.05) is 42.5 Å². The van der Waals surface area contributed by atoms with Crippen LogP contribution in [0.5, 0.6) is 0 Å². The number of aromatic nitrogens is 2. The van der Waals surface area contributed by atoms with Crippen molar-refractivity contribution >= 4 is 33.2 Å². The molecule has 0 amide bonds. The van der Waals surface area contributed by atoms with Crippen molar-refractivity contribution in [3.8, 4) is 22.5 Å². The van der Waals surface area contributed by atoms with E-state index in [4.69, 9.17) is 16.6 Å². The Labute approximate surface area is 185 Å². The number of imidazole rings is 1. The number of H-pyrrole nitrogens is 1. The molecule has 0 radical (unpaired) electrons. The maximum Gasteiger partial charge on any atom is 0.175 e. The van der Waals surface area contributed by atoms with Gasteiger partial charge in [-0.1, -0.05) is 78.0 Å². The molecule has 1 N–H and O–H groups in total. The molecule has 0 aliphatic rings. The first kappa shape index (κ1) is 20.7. The molecule has 1 aromatic heterocycles. The second kappa shape index (κ2) is 8.68. The molecule has 3 aromatic carbocycles. The maximum atomic E-state index is 11.8. The van der Waals surface area contributed by atoms with Crippen LogP contribution in [0.25, 0.3) is 22.5 Å². The van der Waals surface area contributed by atoms with E-state index in [2.05, 4.69) is 17.1 Å². The summed E-state index contributed by atoms with van der Waals surface area (Å²) < 4.78 is 23.6. The molecule has 4 rings (SSSR count). The van der Waals surface area contributed by atoms with Crippen molar-refractivity contribution in [2.75, 3.05) is 6.26 Å². The van der Waals surface area contributed by atoms with Gasteiger partial charge in [-0.3, -0.25) is 0 Å². The molecule has 0 unspecified atom stereocenters. The smallest absolute Gasteiger partial charge is 0.175 e. The van der Waals surface area contributed by atoms with Crippen LogP contribution in [-0.2, 0) is 15.6 Å². The first-order valence-corrected chi connectivity index (χ1v) is 12.5. The van der Waals surface area contributed by atoms with Gasteiger partial charge in [0.2, 0.25) is 0 Å². The van der Waals surface area contributed by atoms with Crippen LogP contribution in [0.2, 0.25) is 5.02 Å². The zero-order chi connectivity index (χ0) is 21.1. The molecule has 30 heavy (non-hydrogen) atoms. The minimum Gasteiger partial charge on any atom is -0.332 e.